The Morgan fingerprint density at radius 3 is 2.17 bits per heavy atom. The molecule has 0 spiro atoms. The van der Waals surface area contributed by atoms with Crippen LogP contribution in [0.4, 0.5) is 0 Å². The van der Waals surface area contributed by atoms with Crippen molar-refractivity contribution in [1.29, 1.82) is 0 Å². The summed E-state index contributed by atoms with van der Waals surface area (Å²) in [5.74, 6) is 2.09. The van der Waals surface area contributed by atoms with Crippen LogP contribution in [0, 0.1) is 11.8 Å². The van der Waals surface area contributed by atoms with Crippen molar-refractivity contribution in [3.63, 3.8) is 0 Å². The Morgan fingerprint density at radius 1 is 0.917 bits per heavy atom. The molecule has 0 radical (unpaired) electrons. The average Bonchev–Trinajstić information content (AvgIpc) is 2.32. The van der Waals surface area contributed by atoms with E-state index in [1.807, 2.05) is 0 Å². The Kier molecular flexibility index (Phi) is 2.69. The van der Waals surface area contributed by atoms with Crippen LogP contribution in [0.2, 0.25) is 0 Å². The van der Waals surface area contributed by atoms with Crippen LogP contribution in [0.3, 0.4) is 0 Å². The molecule has 2 fully saturated rings. The third kappa shape index (κ3) is 2.01. The zero-order chi connectivity index (χ0) is 8.39. The van der Waals surface area contributed by atoms with E-state index in [0.717, 1.165) is 11.8 Å². The first-order valence-corrected chi connectivity index (χ1v) is 5.60. The third-order valence-corrected chi connectivity index (χ3v) is 3.79. The minimum absolute atomic E-state index is 0.538. The zero-order valence-corrected chi connectivity index (χ0v) is 7.97. The summed E-state index contributed by atoms with van der Waals surface area (Å²) < 4.78 is 0. The molecule has 0 heterocycles. The molecule has 2 atom stereocenters. The fourth-order valence-corrected chi connectivity index (χ4v) is 2.63. The van der Waals surface area contributed by atoms with Gasteiger partial charge in [0.15, 0.2) is 0 Å². The lowest BCUT2D eigenvalue weighted by Crippen LogP contribution is -2.16. The van der Waals surface area contributed by atoms with Crippen LogP contribution in [0.1, 0.15) is 51.4 Å². The van der Waals surface area contributed by atoms with Crippen molar-refractivity contribution in [3.8, 4) is 0 Å². The molecule has 70 valence electrons. The van der Waals surface area contributed by atoms with E-state index in [9.17, 15) is 0 Å². The molecule has 0 aromatic carbocycles. The van der Waals surface area contributed by atoms with Gasteiger partial charge in [0.25, 0.3) is 0 Å². The smallest absolute Gasteiger partial charge is 0.00415 e. The number of hydrogen-bond acceptors (Lipinski definition) is 1. The van der Waals surface area contributed by atoms with Gasteiger partial charge in [-0.1, -0.05) is 32.1 Å². The molecule has 2 aliphatic rings. The van der Waals surface area contributed by atoms with Gasteiger partial charge < -0.3 is 5.73 Å². The molecule has 2 unspecified atom stereocenters. The van der Waals surface area contributed by atoms with Gasteiger partial charge in [-0.3, -0.25) is 0 Å². The molecule has 1 heteroatoms. The Balaban J connectivity index is 1.60. The van der Waals surface area contributed by atoms with Crippen LogP contribution in [-0.2, 0) is 0 Å². The molecular weight excluding hydrogens is 146 g/mol. The van der Waals surface area contributed by atoms with Crippen LogP contribution in [0.15, 0.2) is 0 Å². The lowest BCUT2D eigenvalue weighted by Gasteiger charge is -2.26. The van der Waals surface area contributed by atoms with E-state index < -0.39 is 0 Å². The lowest BCUT2D eigenvalue weighted by atomic mass is 9.80. The van der Waals surface area contributed by atoms with Gasteiger partial charge in [0.2, 0.25) is 0 Å². The van der Waals surface area contributed by atoms with Crippen LogP contribution in [0.5, 0.6) is 0 Å². The molecule has 0 aromatic rings. The highest BCUT2D eigenvalue weighted by molar-refractivity contribution is 4.79. The molecule has 12 heavy (non-hydrogen) atoms. The van der Waals surface area contributed by atoms with E-state index in [1.165, 1.54) is 51.4 Å². The predicted octanol–water partition coefficient (Wildman–Crippen LogP) is 2.69. The molecule has 1 nitrogen and oxygen atoms in total. The molecule has 2 aliphatic carbocycles. The van der Waals surface area contributed by atoms with E-state index in [-0.39, 0.29) is 0 Å². The summed E-state index contributed by atoms with van der Waals surface area (Å²) in [6, 6.07) is 0.538. The van der Waals surface area contributed by atoms with E-state index >= 15 is 0 Å². The SMILES string of the molecule is NC1CCC(CCC2CCC2)C1. The Morgan fingerprint density at radius 2 is 1.67 bits per heavy atom. The first-order chi connectivity index (χ1) is 5.84. The summed E-state index contributed by atoms with van der Waals surface area (Å²) in [7, 11) is 0. The highest BCUT2D eigenvalue weighted by Crippen LogP contribution is 2.35. The van der Waals surface area contributed by atoms with Crippen molar-refractivity contribution < 1.29 is 0 Å². The first kappa shape index (κ1) is 8.55. The second-order valence-electron chi connectivity index (χ2n) is 4.81. The van der Waals surface area contributed by atoms with Gasteiger partial charge in [-0.15, -0.1) is 0 Å². The van der Waals surface area contributed by atoms with Crippen molar-refractivity contribution >= 4 is 0 Å². The van der Waals surface area contributed by atoms with Crippen molar-refractivity contribution in [3.05, 3.63) is 0 Å². The van der Waals surface area contributed by atoms with Crippen LogP contribution in [-0.4, -0.2) is 6.04 Å². The van der Waals surface area contributed by atoms with E-state index in [2.05, 4.69) is 0 Å². The molecule has 0 aromatic heterocycles. The maximum Gasteiger partial charge on any atom is 0.00415 e. The Bertz CT molecular complexity index is 140. The first-order valence-electron chi connectivity index (χ1n) is 5.60. The van der Waals surface area contributed by atoms with Gasteiger partial charge in [0, 0.05) is 6.04 Å². The maximum atomic E-state index is 5.88. The van der Waals surface area contributed by atoms with E-state index in [4.69, 9.17) is 5.73 Å². The summed E-state index contributed by atoms with van der Waals surface area (Å²) in [5, 5.41) is 0. The fraction of sp³-hybridized carbons (Fsp3) is 1.00. The Labute approximate surface area is 75.7 Å². The second kappa shape index (κ2) is 3.78. The second-order valence-corrected chi connectivity index (χ2v) is 4.81. The molecule has 2 saturated carbocycles. The molecule has 2 rings (SSSR count). The molecule has 2 N–H and O–H groups in total. The highest BCUT2D eigenvalue weighted by Gasteiger charge is 2.24. The molecule has 0 bridgehead atoms. The van der Waals surface area contributed by atoms with E-state index in [1.54, 1.807) is 0 Å². The van der Waals surface area contributed by atoms with Gasteiger partial charge in [-0.2, -0.15) is 0 Å². The summed E-state index contributed by atoms with van der Waals surface area (Å²) in [6.45, 7) is 0. The predicted molar refractivity (Wildman–Crippen MR) is 51.9 cm³/mol. The number of hydrogen-bond donors (Lipinski definition) is 1. The summed E-state index contributed by atoms with van der Waals surface area (Å²) >= 11 is 0. The minimum Gasteiger partial charge on any atom is -0.328 e. The minimum atomic E-state index is 0.538. The summed E-state index contributed by atoms with van der Waals surface area (Å²) in [5.41, 5.74) is 5.88. The zero-order valence-electron chi connectivity index (χ0n) is 7.97. The van der Waals surface area contributed by atoms with Gasteiger partial charge in [-0.25, -0.2) is 0 Å². The van der Waals surface area contributed by atoms with Crippen LogP contribution >= 0.6 is 0 Å². The largest absolute Gasteiger partial charge is 0.328 e. The molecule has 0 saturated heterocycles. The monoisotopic (exact) mass is 167 g/mol. The van der Waals surface area contributed by atoms with Crippen molar-refractivity contribution in [2.24, 2.45) is 17.6 Å². The lowest BCUT2D eigenvalue weighted by molar-refractivity contribution is 0.269. The quantitative estimate of drug-likeness (QED) is 0.687. The van der Waals surface area contributed by atoms with Crippen LogP contribution < -0.4 is 5.73 Å². The maximum absolute atomic E-state index is 5.88. The van der Waals surface area contributed by atoms with Crippen molar-refractivity contribution in [2.45, 2.75) is 57.4 Å². The van der Waals surface area contributed by atoms with E-state index in [0.29, 0.717) is 6.04 Å². The highest BCUT2D eigenvalue weighted by atomic mass is 14.6. The molecular formula is C11H21N. The standard InChI is InChI=1S/C11H21N/c12-11-7-6-10(8-11)5-4-9-2-1-3-9/h9-11H,1-8,12H2. The van der Waals surface area contributed by atoms with Crippen LogP contribution in [0.25, 0.3) is 0 Å². The topological polar surface area (TPSA) is 26.0 Å². The number of rotatable bonds is 3. The van der Waals surface area contributed by atoms with Gasteiger partial charge >= 0.3 is 0 Å². The fourth-order valence-electron chi connectivity index (χ4n) is 2.63. The van der Waals surface area contributed by atoms with Gasteiger partial charge in [-0.05, 0) is 31.1 Å². The van der Waals surface area contributed by atoms with Gasteiger partial charge in [0.05, 0.1) is 0 Å². The average molecular weight is 167 g/mol. The summed E-state index contributed by atoms with van der Waals surface area (Å²) in [4.78, 5) is 0. The van der Waals surface area contributed by atoms with Crippen molar-refractivity contribution in [2.75, 3.05) is 0 Å². The Hall–Kier alpha value is -0.0400. The molecule has 0 amide bonds. The normalized spacial score (nSPS) is 36.8. The van der Waals surface area contributed by atoms with Gasteiger partial charge in [0.1, 0.15) is 0 Å². The number of nitrogens with two attached hydrogens (primary N) is 1. The molecule has 0 aliphatic heterocycles. The third-order valence-electron chi connectivity index (χ3n) is 3.79. The van der Waals surface area contributed by atoms with Crippen molar-refractivity contribution in [1.82, 2.24) is 0 Å². The summed E-state index contributed by atoms with van der Waals surface area (Å²) in [6.07, 6.45) is 11.5.